The molecule has 1 aromatic rings. The van der Waals surface area contributed by atoms with Gasteiger partial charge in [-0.15, -0.1) is 0 Å². The molecule has 1 saturated heterocycles. The Morgan fingerprint density at radius 2 is 2.28 bits per heavy atom. The lowest BCUT2D eigenvalue weighted by Gasteiger charge is -2.25. The van der Waals surface area contributed by atoms with Crippen molar-refractivity contribution in [2.45, 2.75) is 19.3 Å². The van der Waals surface area contributed by atoms with Crippen molar-refractivity contribution in [3.63, 3.8) is 0 Å². The van der Waals surface area contributed by atoms with Crippen LogP contribution in [0.3, 0.4) is 0 Å². The van der Waals surface area contributed by atoms with E-state index in [2.05, 4.69) is 10.3 Å². The average molecular weight is 250 g/mol. The van der Waals surface area contributed by atoms with Crippen molar-refractivity contribution in [1.29, 1.82) is 0 Å². The number of hydrogen-bond donors (Lipinski definition) is 1. The molecule has 5 heteroatoms. The third kappa shape index (κ3) is 3.32. The molecule has 0 aliphatic carbocycles. The van der Waals surface area contributed by atoms with Crippen molar-refractivity contribution >= 4 is 5.91 Å². The summed E-state index contributed by atoms with van der Waals surface area (Å²) in [5.74, 6) is 0.773. The molecule has 2 heterocycles. The van der Waals surface area contributed by atoms with Crippen molar-refractivity contribution in [3.05, 3.63) is 18.2 Å². The van der Waals surface area contributed by atoms with Crippen LogP contribution in [0.15, 0.2) is 12.5 Å². The highest BCUT2D eigenvalue weighted by molar-refractivity contribution is 5.91. The van der Waals surface area contributed by atoms with E-state index in [4.69, 9.17) is 0 Å². The molecule has 18 heavy (non-hydrogen) atoms. The van der Waals surface area contributed by atoms with Crippen molar-refractivity contribution in [2.75, 3.05) is 26.7 Å². The first-order chi connectivity index (χ1) is 8.66. The number of nitrogens with one attached hydrogen (secondary N) is 1. The quantitative estimate of drug-likeness (QED) is 0.863. The number of piperidine rings is 1. The maximum absolute atomic E-state index is 12.1. The Balaban J connectivity index is 1.80. The first-order valence-electron chi connectivity index (χ1n) is 6.61. The molecular weight excluding hydrogens is 228 g/mol. The van der Waals surface area contributed by atoms with Gasteiger partial charge in [0.15, 0.2) is 0 Å². The largest absolute Gasteiger partial charge is 0.340 e. The molecular formula is C13H22N4O. The molecule has 0 saturated carbocycles. The summed E-state index contributed by atoms with van der Waals surface area (Å²) in [6.45, 7) is 3.05. The first-order valence-corrected chi connectivity index (χ1v) is 6.61. The molecule has 2 rings (SSSR count). The molecule has 1 amide bonds. The molecule has 1 aliphatic rings. The summed E-state index contributed by atoms with van der Waals surface area (Å²) in [6.07, 6.45) is 6.98. The molecule has 0 bridgehead atoms. The summed E-state index contributed by atoms with van der Waals surface area (Å²) in [4.78, 5) is 17.9. The zero-order chi connectivity index (χ0) is 13.0. The summed E-state index contributed by atoms with van der Waals surface area (Å²) in [6, 6.07) is 0. The van der Waals surface area contributed by atoms with Crippen LogP contribution >= 0.6 is 0 Å². The van der Waals surface area contributed by atoms with Crippen molar-refractivity contribution in [2.24, 2.45) is 13.0 Å². The Morgan fingerprint density at radius 3 is 2.89 bits per heavy atom. The Bertz CT molecular complexity index is 395. The Labute approximate surface area is 108 Å². The van der Waals surface area contributed by atoms with Crippen LogP contribution in [0.1, 0.15) is 29.8 Å². The minimum atomic E-state index is 0.0181. The minimum absolute atomic E-state index is 0.0181. The normalized spacial score (nSPS) is 16.8. The number of aryl methyl sites for hydroxylation is 1. The minimum Gasteiger partial charge on any atom is -0.340 e. The van der Waals surface area contributed by atoms with Gasteiger partial charge in [0.25, 0.3) is 5.91 Å². The van der Waals surface area contributed by atoms with E-state index in [0.717, 1.165) is 32.0 Å². The standard InChI is InChI=1S/C13H22N4O/c1-16-9-12(15-10-16)13(18)17(2)8-5-11-3-6-14-7-4-11/h9-11,14H,3-8H2,1-2H3. The van der Waals surface area contributed by atoms with E-state index in [-0.39, 0.29) is 5.91 Å². The number of aromatic nitrogens is 2. The highest BCUT2D eigenvalue weighted by Gasteiger charge is 2.17. The van der Waals surface area contributed by atoms with Crippen LogP contribution in [0, 0.1) is 5.92 Å². The van der Waals surface area contributed by atoms with Gasteiger partial charge in [0.2, 0.25) is 0 Å². The predicted octanol–water partition coefficient (Wildman–Crippen LogP) is 0.882. The second kappa shape index (κ2) is 6.00. The molecule has 0 atom stereocenters. The van der Waals surface area contributed by atoms with Gasteiger partial charge in [-0.05, 0) is 38.3 Å². The highest BCUT2D eigenvalue weighted by Crippen LogP contribution is 2.16. The maximum atomic E-state index is 12.1. The van der Waals surface area contributed by atoms with Gasteiger partial charge in [-0.2, -0.15) is 0 Å². The third-order valence-corrected chi connectivity index (χ3v) is 3.60. The molecule has 0 radical (unpaired) electrons. The predicted molar refractivity (Wildman–Crippen MR) is 70.4 cm³/mol. The van der Waals surface area contributed by atoms with Crippen LogP contribution in [-0.4, -0.2) is 47.0 Å². The topological polar surface area (TPSA) is 50.2 Å². The van der Waals surface area contributed by atoms with Gasteiger partial charge >= 0.3 is 0 Å². The van der Waals surface area contributed by atoms with E-state index >= 15 is 0 Å². The Kier molecular flexibility index (Phi) is 4.36. The number of imidazole rings is 1. The van der Waals surface area contributed by atoms with Gasteiger partial charge in [0.05, 0.1) is 6.33 Å². The molecule has 1 N–H and O–H groups in total. The van der Waals surface area contributed by atoms with Crippen LogP contribution in [0.25, 0.3) is 0 Å². The third-order valence-electron chi connectivity index (χ3n) is 3.60. The lowest BCUT2D eigenvalue weighted by Crippen LogP contribution is -2.32. The van der Waals surface area contributed by atoms with Crippen molar-refractivity contribution < 1.29 is 4.79 Å². The second-order valence-corrected chi connectivity index (χ2v) is 5.13. The smallest absolute Gasteiger partial charge is 0.273 e. The summed E-state index contributed by atoms with van der Waals surface area (Å²) in [7, 11) is 3.73. The van der Waals surface area contributed by atoms with Gasteiger partial charge in [0, 0.05) is 26.8 Å². The number of nitrogens with zero attached hydrogens (tertiary/aromatic N) is 3. The van der Waals surface area contributed by atoms with E-state index in [9.17, 15) is 4.79 Å². The number of rotatable bonds is 4. The first kappa shape index (κ1) is 13.1. The van der Waals surface area contributed by atoms with Crippen LogP contribution in [0.2, 0.25) is 0 Å². The van der Waals surface area contributed by atoms with Gasteiger partial charge in [-0.1, -0.05) is 0 Å². The van der Waals surface area contributed by atoms with Crippen LogP contribution in [-0.2, 0) is 7.05 Å². The zero-order valence-electron chi connectivity index (χ0n) is 11.2. The van der Waals surface area contributed by atoms with Gasteiger partial charge in [-0.3, -0.25) is 4.79 Å². The molecule has 0 unspecified atom stereocenters. The highest BCUT2D eigenvalue weighted by atomic mass is 16.2. The fraction of sp³-hybridized carbons (Fsp3) is 0.692. The van der Waals surface area contributed by atoms with E-state index in [0.29, 0.717) is 5.69 Å². The van der Waals surface area contributed by atoms with Gasteiger partial charge < -0.3 is 14.8 Å². The van der Waals surface area contributed by atoms with Crippen molar-refractivity contribution in [3.8, 4) is 0 Å². The Morgan fingerprint density at radius 1 is 1.56 bits per heavy atom. The summed E-state index contributed by atoms with van der Waals surface area (Å²) < 4.78 is 1.80. The lowest BCUT2D eigenvalue weighted by molar-refractivity contribution is 0.0779. The molecule has 5 nitrogen and oxygen atoms in total. The van der Waals surface area contributed by atoms with E-state index in [1.165, 1.54) is 12.8 Å². The van der Waals surface area contributed by atoms with E-state index in [1.54, 1.807) is 22.0 Å². The average Bonchev–Trinajstić information content (AvgIpc) is 2.83. The molecule has 0 spiro atoms. The number of carbonyl (C=O) groups is 1. The van der Waals surface area contributed by atoms with Gasteiger partial charge in [-0.25, -0.2) is 4.98 Å². The maximum Gasteiger partial charge on any atom is 0.273 e. The lowest BCUT2D eigenvalue weighted by atomic mass is 9.94. The number of hydrogen-bond acceptors (Lipinski definition) is 3. The van der Waals surface area contributed by atoms with Gasteiger partial charge in [0.1, 0.15) is 5.69 Å². The molecule has 0 aromatic carbocycles. The van der Waals surface area contributed by atoms with Crippen LogP contribution < -0.4 is 5.32 Å². The monoisotopic (exact) mass is 250 g/mol. The van der Waals surface area contributed by atoms with E-state index in [1.807, 2.05) is 14.1 Å². The fourth-order valence-corrected chi connectivity index (χ4v) is 2.37. The Hall–Kier alpha value is -1.36. The summed E-state index contributed by atoms with van der Waals surface area (Å²) >= 11 is 0. The molecule has 1 fully saturated rings. The number of amides is 1. The summed E-state index contributed by atoms with van der Waals surface area (Å²) in [5.41, 5.74) is 0.533. The van der Waals surface area contributed by atoms with E-state index < -0.39 is 0 Å². The summed E-state index contributed by atoms with van der Waals surface area (Å²) in [5, 5.41) is 3.36. The second-order valence-electron chi connectivity index (χ2n) is 5.13. The fourth-order valence-electron chi connectivity index (χ4n) is 2.37. The van der Waals surface area contributed by atoms with Crippen LogP contribution in [0.4, 0.5) is 0 Å². The van der Waals surface area contributed by atoms with Crippen LogP contribution in [0.5, 0.6) is 0 Å². The van der Waals surface area contributed by atoms with Crippen molar-refractivity contribution in [1.82, 2.24) is 19.8 Å². The molecule has 1 aliphatic heterocycles. The molecule has 1 aromatic heterocycles. The number of carbonyl (C=O) groups excluding carboxylic acids is 1. The molecule has 100 valence electrons. The SMILES string of the molecule is CN(CCC1CCNCC1)C(=O)c1cn(C)cn1. The zero-order valence-corrected chi connectivity index (χ0v) is 11.2.